The number of aromatic nitrogens is 3. The summed E-state index contributed by atoms with van der Waals surface area (Å²) in [5.41, 5.74) is 7.16. The van der Waals surface area contributed by atoms with Crippen molar-refractivity contribution in [2.45, 2.75) is 72.3 Å². The summed E-state index contributed by atoms with van der Waals surface area (Å²) < 4.78 is 1.89. The molecule has 6 heteroatoms. The van der Waals surface area contributed by atoms with Crippen molar-refractivity contribution in [2.75, 3.05) is 5.32 Å². The number of benzene rings is 1. The molecule has 0 bridgehead atoms. The van der Waals surface area contributed by atoms with Crippen LogP contribution >= 0.6 is 9.24 Å². The number of allylic oxidation sites excluding steroid dienone is 4. The third kappa shape index (κ3) is 6.27. The summed E-state index contributed by atoms with van der Waals surface area (Å²) in [4.78, 5) is 15.5. The summed E-state index contributed by atoms with van der Waals surface area (Å²) in [7, 11) is 2.74. The number of hydrogen-bond donors (Lipinski definition) is 1. The van der Waals surface area contributed by atoms with E-state index < -0.39 is 0 Å². The standard InChI is InChI=1S/C22H25N4P.C7H12O/c1-3-16-8-10-17(11-9-16)13-23-21-12-19(18-7-5-4-6-15(18)2)25-22-20(27)14-24-26(21)22;1-6(8)7-4-2-3-5-7/h4,6,8-12,14,23H,3,5,7,13,27H2,1-2H3;7H,2-5H2,1H3. The summed E-state index contributed by atoms with van der Waals surface area (Å²) in [6.45, 7) is 6.80. The molecule has 3 aromatic rings. The van der Waals surface area contributed by atoms with Crippen LogP contribution in [0, 0.1) is 5.92 Å². The third-order valence-electron chi connectivity index (χ3n) is 7.05. The van der Waals surface area contributed by atoms with E-state index in [2.05, 4.69) is 76.0 Å². The topological polar surface area (TPSA) is 59.3 Å². The van der Waals surface area contributed by atoms with Gasteiger partial charge >= 0.3 is 0 Å². The number of hydrogen-bond acceptors (Lipinski definition) is 4. The van der Waals surface area contributed by atoms with Gasteiger partial charge in [-0.05, 0) is 68.2 Å². The first-order valence-electron chi connectivity index (χ1n) is 12.8. The van der Waals surface area contributed by atoms with Gasteiger partial charge in [0.25, 0.3) is 0 Å². The van der Waals surface area contributed by atoms with Crippen LogP contribution < -0.4 is 10.6 Å². The molecule has 1 unspecified atom stereocenters. The van der Waals surface area contributed by atoms with Crippen LogP contribution in [0.25, 0.3) is 11.2 Å². The zero-order valence-electron chi connectivity index (χ0n) is 21.2. The lowest BCUT2D eigenvalue weighted by atomic mass is 9.96. The van der Waals surface area contributed by atoms with Gasteiger partial charge < -0.3 is 5.32 Å². The van der Waals surface area contributed by atoms with E-state index in [4.69, 9.17) is 4.98 Å². The molecule has 35 heavy (non-hydrogen) atoms. The van der Waals surface area contributed by atoms with E-state index in [-0.39, 0.29) is 0 Å². The minimum atomic E-state index is 0.391. The maximum atomic E-state index is 10.6. The molecule has 1 fully saturated rings. The molecule has 1 saturated carbocycles. The van der Waals surface area contributed by atoms with E-state index in [1.807, 2.05) is 10.7 Å². The highest BCUT2D eigenvalue weighted by Crippen LogP contribution is 2.29. The first-order valence-corrected chi connectivity index (χ1v) is 13.4. The summed E-state index contributed by atoms with van der Waals surface area (Å²) >= 11 is 0. The molecule has 2 aliphatic rings. The lowest BCUT2D eigenvalue weighted by Crippen LogP contribution is -2.09. The van der Waals surface area contributed by atoms with Crippen molar-refractivity contribution in [3.05, 3.63) is 71.1 Å². The van der Waals surface area contributed by atoms with E-state index in [0.29, 0.717) is 11.7 Å². The lowest BCUT2D eigenvalue weighted by Gasteiger charge is -2.16. The molecule has 2 aliphatic carbocycles. The lowest BCUT2D eigenvalue weighted by molar-refractivity contribution is -0.120. The number of carbonyl (C=O) groups is 1. The van der Waals surface area contributed by atoms with Crippen molar-refractivity contribution in [1.29, 1.82) is 0 Å². The molecule has 0 spiro atoms. The van der Waals surface area contributed by atoms with Crippen LogP contribution in [-0.4, -0.2) is 20.4 Å². The summed E-state index contributed by atoms with van der Waals surface area (Å²) in [6.07, 6.45) is 14.3. The van der Waals surface area contributed by atoms with Crippen LogP contribution in [0.2, 0.25) is 0 Å². The van der Waals surface area contributed by atoms with Crippen LogP contribution in [0.15, 0.2) is 54.3 Å². The second kappa shape index (κ2) is 11.8. The number of rotatable bonds is 6. The molecule has 1 aromatic carbocycles. The molecule has 0 radical (unpaired) electrons. The number of aryl methyl sites for hydroxylation is 1. The van der Waals surface area contributed by atoms with E-state index >= 15 is 0 Å². The van der Waals surface area contributed by atoms with Gasteiger partial charge in [-0.25, -0.2) is 4.98 Å². The maximum Gasteiger partial charge on any atom is 0.165 e. The SMILES string of the molecule is CC(=O)C1CCCC1.CCc1ccc(CNc2cc(C3=C(C)C=CCC3)nc3c(P)cnn23)cc1. The predicted molar refractivity (Wildman–Crippen MR) is 149 cm³/mol. The van der Waals surface area contributed by atoms with Gasteiger partial charge in [-0.3, -0.25) is 4.79 Å². The fourth-order valence-corrected chi connectivity index (χ4v) is 5.05. The molecule has 1 N–H and O–H groups in total. The van der Waals surface area contributed by atoms with Gasteiger partial charge in [0.15, 0.2) is 5.65 Å². The van der Waals surface area contributed by atoms with Gasteiger partial charge in [0.2, 0.25) is 0 Å². The van der Waals surface area contributed by atoms with Crippen LogP contribution in [0.4, 0.5) is 5.82 Å². The van der Waals surface area contributed by atoms with Crippen molar-refractivity contribution in [3.63, 3.8) is 0 Å². The highest BCUT2D eigenvalue weighted by molar-refractivity contribution is 7.28. The Bertz CT molecular complexity index is 1230. The summed E-state index contributed by atoms with van der Waals surface area (Å²) in [5, 5.41) is 9.07. The van der Waals surface area contributed by atoms with Gasteiger partial charge in [0.05, 0.1) is 11.9 Å². The van der Waals surface area contributed by atoms with Crippen LogP contribution in [0.1, 0.15) is 76.1 Å². The molecular formula is C29H37N4OP. The number of fused-ring (bicyclic) bond motifs is 1. The van der Waals surface area contributed by atoms with Gasteiger partial charge in [-0.15, -0.1) is 0 Å². The molecule has 0 aliphatic heterocycles. The van der Waals surface area contributed by atoms with Crippen molar-refractivity contribution in [3.8, 4) is 0 Å². The Hall–Kier alpha value is -2.78. The molecule has 2 heterocycles. The summed E-state index contributed by atoms with van der Waals surface area (Å²) in [5.74, 6) is 1.79. The number of ketones is 1. The number of carbonyl (C=O) groups excluding carboxylic acids is 1. The average molecular weight is 489 g/mol. The van der Waals surface area contributed by atoms with Crippen molar-refractivity contribution < 1.29 is 4.79 Å². The molecule has 0 amide bonds. The molecule has 2 aromatic heterocycles. The second-order valence-corrected chi connectivity index (χ2v) is 10.2. The Morgan fingerprint density at radius 1 is 1.17 bits per heavy atom. The number of nitrogens with zero attached hydrogens (tertiary/aromatic N) is 3. The molecule has 5 rings (SSSR count). The molecule has 5 nitrogen and oxygen atoms in total. The maximum absolute atomic E-state index is 10.6. The van der Waals surface area contributed by atoms with E-state index in [0.717, 1.165) is 61.1 Å². The molecule has 184 valence electrons. The van der Waals surface area contributed by atoms with Crippen LogP contribution in [-0.2, 0) is 17.8 Å². The first kappa shape index (κ1) is 25.3. The monoisotopic (exact) mass is 488 g/mol. The van der Waals surface area contributed by atoms with Gasteiger partial charge in [0, 0.05) is 23.8 Å². The number of nitrogens with one attached hydrogen (secondary N) is 1. The van der Waals surface area contributed by atoms with E-state index in [9.17, 15) is 4.79 Å². The largest absolute Gasteiger partial charge is 0.366 e. The Balaban J connectivity index is 0.000000308. The normalized spacial score (nSPS) is 15.9. The molecule has 0 saturated heterocycles. The summed E-state index contributed by atoms with van der Waals surface area (Å²) in [6, 6.07) is 10.9. The minimum absolute atomic E-state index is 0.391. The number of anilines is 1. The Morgan fingerprint density at radius 2 is 1.89 bits per heavy atom. The Morgan fingerprint density at radius 3 is 2.51 bits per heavy atom. The number of Topliss-reactive ketones (excluding diaryl/α,β-unsaturated/α-hetero) is 1. The second-order valence-electron chi connectivity index (χ2n) is 9.58. The minimum Gasteiger partial charge on any atom is -0.366 e. The predicted octanol–water partition coefficient (Wildman–Crippen LogP) is 6.29. The highest BCUT2D eigenvalue weighted by atomic mass is 31.0. The smallest absolute Gasteiger partial charge is 0.165 e. The van der Waals surface area contributed by atoms with Gasteiger partial charge in [0.1, 0.15) is 11.6 Å². The van der Waals surface area contributed by atoms with Crippen molar-refractivity contribution in [1.82, 2.24) is 14.6 Å². The van der Waals surface area contributed by atoms with Gasteiger partial charge in [-0.1, -0.05) is 65.4 Å². The molecular weight excluding hydrogens is 451 g/mol. The highest BCUT2D eigenvalue weighted by Gasteiger charge is 2.18. The zero-order valence-corrected chi connectivity index (χ0v) is 22.3. The Kier molecular flexibility index (Phi) is 8.51. The zero-order chi connectivity index (χ0) is 24.8. The van der Waals surface area contributed by atoms with E-state index in [1.165, 1.54) is 35.1 Å². The fourth-order valence-electron chi connectivity index (χ4n) is 4.79. The average Bonchev–Trinajstić information content (AvgIpc) is 3.54. The van der Waals surface area contributed by atoms with E-state index in [1.54, 1.807) is 6.92 Å². The third-order valence-corrected chi connectivity index (χ3v) is 7.46. The van der Waals surface area contributed by atoms with Crippen LogP contribution in [0.5, 0.6) is 0 Å². The van der Waals surface area contributed by atoms with Crippen molar-refractivity contribution >= 4 is 37.4 Å². The quantitative estimate of drug-likeness (QED) is 0.414. The van der Waals surface area contributed by atoms with Crippen molar-refractivity contribution in [2.24, 2.45) is 5.92 Å². The fraction of sp³-hybridized carbons (Fsp3) is 0.414. The first-order chi connectivity index (χ1) is 17.0. The Labute approximate surface area is 211 Å². The molecule has 1 atom stereocenters. The van der Waals surface area contributed by atoms with Crippen LogP contribution in [0.3, 0.4) is 0 Å². The van der Waals surface area contributed by atoms with Gasteiger partial charge in [-0.2, -0.15) is 9.61 Å².